The predicted molar refractivity (Wildman–Crippen MR) is 116 cm³/mol. The molecule has 1 unspecified atom stereocenters. The number of nitrogens with zero attached hydrogens (tertiary/aromatic N) is 1. The summed E-state index contributed by atoms with van der Waals surface area (Å²) >= 11 is 0. The third-order valence-corrected chi connectivity index (χ3v) is 6.41. The van der Waals surface area contributed by atoms with Crippen LogP contribution in [-0.2, 0) is 9.59 Å². The first-order valence-corrected chi connectivity index (χ1v) is 10.6. The lowest BCUT2D eigenvalue weighted by Crippen LogP contribution is -2.40. The second kappa shape index (κ2) is 7.48. The van der Waals surface area contributed by atoms with Gasteiger partial charge in [0.1, 0.15) is 5.76 Å². The maximum Gasteiger partial charge on any atom is 0.295 e. The van der Waals surface area contributed by atoms with E-state index in [4.69, 9.17) is 0 Å². The van der Waals surface area contributed by atoms with Gasteiger partial charge >= 0.3 is 0 Å². The fourth-order valence-corrected chi connectivity index (χ4v) is 4.96. The van der Waals surface area contributed by atoms with E-state index in [1.807, 2.05) is 48.7 Å². The monoisotopic (exact) mass is 400 g/mol. The molecule has 1 atom stereocenters. The molecule has 1 saturated carbocycles. The van der Waals surface area contributed by atoms with E-state index in [9.17, 15) is 14.7 Å². The number of H-pyrrole nitrogens is 1. The molecule has 5 rings (SSSR count). The number of aliphatic hydroxyl groups is 1. The number of hydrogen-bond donors (Lipinski definition) is 2. The number of carbonyl (C=O) groups excluding carboxylic acids is 2. The highest BCUT2D eigenvalue weighted by atomic mass is 16.3. The third kappa shape index (κ3) is 2.93. The summed E-state index contributed by atoms with van der Waals surface area (Å²) in [6.45, 7) is 0. The average Bonchev–Trinajstić information content (AvgIpc) is 3.33. The van der Waals surface area contributed by atoms with Crippen LogP contribution >= 0.6 is 0 Å². The number of aromatic amines is 1. The van der Waals surface area contributed by atoms with Gasteiger partial charge in [-0.15, -0.1) is 0 Å². The molecule has 3 aromatic rings. The minimum atomic E-state index is -0.600. The first-order chi connectivity index (χ1) is 14.7. The summed E-state index contributed by atoms with van der Waals surface area (Å²) in [6, 6.07) is 16.3. The van der Waals surface area contributed by atoms with Gasteiger partial charge in [0.15, 0.2) is 0 Å². The van der Waals surface area contributed by atoms with Crippen LogP contribution in [0.2, 0.25) is 0 Å². The van der Waals surface area contributed by atoms with Crippen molar-refractivity contribution in [3.05, 3.63) is 77.5 Å². The Balaban J connectivity index is 1.72. The number of hydrogen-bond acceptors (Lipinski definition) is 3. The molecule has 0 bridgehead atoms. The Morgan fingerprint density at radius 3 is 2.40 bits per heavy atom. The molecule has 1 aromatic heterocycles. The van der Waals surface area contributed by atoms with Crippen LogP contribution in [0.1, 0.15) is 49.3 Å². The summed E-state index contributed by atoms with van der Waals surface area (Å²) in [5, 5.41) is 12.1. The van der Waals surface area contributed by atoms with Crippen LogP contribution in [0.15, 0.2) is 66.4 Å². The van der Waals surface area contributed by atoms with E-state index in [-0.39, 0.29) is 17.4 Å². The lowest BCUT2D eigenvalue weighted by Gasteiger charge is -2.35. The molecule has 2 fully saturated rings. The van der Waals surface area contributed by atoms with Crippen molar-refractivity contribution < 1.29 is 14.7 Å². The van der Waals surface area contributed by atoms with Gasteiger partial charge in [0, 0.05) is 34.3 Å². The predicted octanol–water partition coefficient (Wildman–Crippen LogP) is 4.92. The molecule has 0 radical (unpaired) electrons. The van der Waals surface area contributed by atoms with Crippen molar-refractivity contribution in [2.75, 3.05) is 0 Å². The molecule has 2 aliphatic rings. The van der Waals surface area contributed by atoms with Crippen LogP contribution in [0.25, 0.3) is 16.7 Å². The zero-order chi connectivity index (χ0) is 20.7. The number of aromatic nitrogens is 1. The molecule has 152 valence electrons. The number of benzene rings is 2. The van der Waals surface area contributed by atoms with Gasteiger partial charge in [0.05, 0.1) is 11.6 Å². The number of likely N-dealkylation sites (tertiary alicyclic amines) is 1. The van der Waals surface area contributed by atoms with Gasteiger partial charge in [-0.1, -0.05) is 67.8 Å². The van der Waals surface area contributed by atoms with Gasteiger partial charge in [-0.05, 0) is 18.9 Å². The largest absolute Gasteiger partial charge is 0.507 e. The van der Waals surface area contributed by atoms with Gasteiger partial charge in [-0.2, -0.15) is 0 Å². The van der Waals surface area contributed by atoms with E-state index in [2.05, 4.69) is 4.98 Å². The molecule has 1 saturated heterocycles. The Morgan fingerprint density at radius 2 is 1.63 bits per heavy atom. The molecule has 0 spiro atoms. The highest BCUT2D eigenvalue weighted by Gasteiger charge is 2.49. The zero-order valence-corrected chi connectivity index (χ0v) is 16.7. The van der Waals surface area contributed by atoms with Crippen molar-refractivity contribution in [2.24, 2.45) is 0 Å². The fourth-order valence-electron chi connectivity index (χ4n) is 4.96. The van der Waals surface area contributed by atoms with Crippen LogP contribution in [0.4, 0.5) is 0 Å². The number of rotatable bonds is 3. The Morgan fingerprint density at radius 1 is 0.933 bits per heavy atom. The van der Waals surface area contributed by atoms with Crippen LogP contribution in [-0.4, -0.2) is 32.7 Å². The summed E-state index contributed by atoms with van der Waals surface area (Å²) in [5.41, 5.74) is 2.53. The highest BCUT2D eigenvalue weighted by molar-refractivity contribution is 6.46. The maximum absolute atomic E-state index is 13.2. The van der Waals surface area contributed by atoms with Crippen molar-refractivity contribution in [1.82, 2.24) is 9.88 Å². The smallest absolute Gasteiger partial charge is 0.295 e. The molecule has 5 heteroatoms. The minimum absolute atomic E-state index is 0.00920. The minimum Gasteiger partial charge on any atom is -0.507 e. The summed E-state index contributed by atoms with van der Waals surface area (Å²) in [4.78, 5) is 31.4. The van der Waals surface area contributed by atoms with E-state index < -0.39 is 17.7 Å². The molecule has 1 aliphatic carbocycles. The van der Waals surface area contributed by atoms with E-state index >= 15 is 0 Å². The number of fused-ring (bicyclic) bond motifs is 1. The quantitative estimate of drug-likeness (QED) is 0.372. The summed E-state index contributed by atoms with van der Waals surface area (Å²) in [6.07, 6.45) is 6.89. The molecule has 5 nitrogen and oxygen atoms in total. The summed E-state index contributed by atoms with van der Waals surface area (Å²) in [7, 11) is 0. The molecule has 2 heterocycles. The second-order valence-electron chi connectivity index (χ2n) is 8.15. The molecular weight excluding hydrogens is 376 g/mol. The highest BCUT2D eigenvalue weighted by Crippen LogP contribution is 2.44. The van der Waals surface area contributed by atoms with Gasteiger partial charge in [0.25, 0.3) is 11.7 Å². The SMILES string of the molecule is O=C1C(=O)N(C2CCCCC2)C(c2c[nH]c3ccccc23)/C1=C(\O)c1ccccc1. The maximum atomic E-state index is 13.2. The van der Waals surface area contributed by atoms with Crippen molar-refractivity contribution in [3.8, 4) is 0 Å². The lowest BCUT2D eigenvalue weighted by molar-refractivity contribution is -0.141. The molecule has 1 aliphatic heterocycles. The summed E-state index contributed by atoms with van der Waals surface area (Å²) < 4.78 is 0. The van der Waals surface area contributed by atoms with Crippen LogP contribution in [0.3, 0.4) is 0 Å². The zero-order valence-electron chi connectivity index (χ0n) is 16.7. The van der Waals surface area contributed by atoms with E-state index in [0.717, 1.165) is 48.6 Å². The van der Waals surface area contributed by atoms with Gasteiger partial charge in [-0.3, -0.25) is 9.59 Å². The van der Waals surface area contributed by atoms with Crippen molar-refractivity contribution in [3.63, 3.8) is 0 Å². The lowest BCUT2D eigenvalue weighted by atomic mass is 9.91. The van der Waals surface area contributed by atoms with Gasteiger partial charge in [-0.25, -0.2) is 0 Å². The first-order valence-electron chi connectivity index (χ1n) is 10.6. The normalized spacial score (nSPS) is 22.1. The topological polar surface area (TPSA) is 73.4 Å². The molecule has 2 aromatic carbocycles. The van der Waals surface area contributed by atoms with Crippen LogP contribution < -0.4 is 0 Å². The number of amides is 1. The Bertz CT molecular complexity index is 1140. The van der Waals surface area contributed by atoms with Crippen LogP contribution in [0, 0.1) is 0 Å². The number of aliphatic hydroxyl groups excluding tert-OH is 1. The number of nitrogens with one attached hydrogen (secondary N) is 1. The Hall–Kier alpha value is -3.34. The molecule has 30 heavy (non-hydrogen) atoms. The average molecular weight is 400 g/mol. The third-order valence-electron chi connectivity index (χ3n) is 6.41. The van der Waals surface area contributed by atoms with Crippen LogP contribution in [0.5, 0.6) is 0 Å². The van der Waals surface area contributed by atoms with Crippen molar-refractivity contribution >= 4 is 28.4 Å². The molecule has 2 N–H and O–H groups in total. The standard InChI is InChI=1S/C25H24N2O3/c28-23(16-9-3-1-4-10-16)21-22(19-15-26-20-14-8-7-13-18(19)20)27(25(30)24(21)29)17-11-5-2-6-12-17/h1,3-4,7-10,13-15,17,22,26,28H,2,5-6,11-12H2/b23-21+. The molecular formula is C25H24N2O3. The fraction of sp³-hybridized carbons (Fsp3) is 0.280. The van der Waals surface area contributed by atoms with E-state index in [0.29, 0.717) is 5.56 Å². The summed E-state index contributed by atoms with van der Waals surface area (Å²) in [5.74, 6) is -1.21. The number of ketones is 1. The van der Waals surface area contributed by atoms with E-state index in [1.165, 1.54) is 0 Å². The van der Waals surface area contributed by atoms with E-state index in [1.54, 1.807) is 17.0 Å². The Labute approximate surface area is 175 Å². The molecule has 1 amide bonds. The van der Waals surface area contributed by atoms with Gasteiger partial charge in [0.2, 0.25) is 0 Å². The number of para-hydroxylation sites is 1. The van der Waals surface area contributed by atoms with Gasteiger partial charge < -0.3 is 15.0 Å². The number of Topliss-reactive ketones (excluding diaryl/α,β-unsaturated/α-hetero) is 1. The Kier molecular flexibility index (Phi) is 4.66. The van der Waals surface area contributed by atoms with Crippen molar-refractivity contribution in [1.29, 1.82) is 0 Å². The number of carbonyl (C=O) groups is 2. The first kappa shape index (κ1) is 18.7. The second-order valence-corrected chi connectivity index (χ2v) is 8.15. The van der Waals surface area contributed by atoms with Crippen molar-refractivity contribution in [2.45, 2.75) is 44.2 Å².